The van der Waals surface area contributed by atoms with Crippen LogP contribution in [-0.2, 0) is 32.5 Å². The first-order valence-corrected chi connectivity index (χ1v) is 26.6. The van der Waals surface area contributed by atoms with Crippen LogP contribution in [0.2, 0.25) is 0 Å². The predicted octanol–water partition coefficient (Wildman–Crippen LogP) is 16.8. The number of anilines is 9. The summed E-state index contributed by atoms with van der Waals surface area (Å²) in [6.45, 7) is 38.6. The lowest BCUT2D eigenvalue weighted by molar-refractivity contribution is 0.332. The molecule has 0 amide bonds. The first-order valence-electron chi connectivity index (χ1n) is 26.6. The summed E-state index contributed by atoms with van der Waals surface area (Å²) in [6, 6.07) is 52.3. The Labute approximate surface area is 427 Å². The van der Waals surface area contributed by atoms with E-state index >= 15 is 0 Å². The molecule has 2 aliphatic carbocycles. The van der Waals surface area contributed by atoms with Crippen molar-refractivity contribution in [2.45, 2.75) is 163 Å². The summed E-state index contributed by atoms with van der Waals surface area (Å²) < 4.78 is 0. The molecule has 0 unspecified atom stereocenters. The molecular formula is C67H76BN3. The van der Waals surface area contributed by atoms with Gasteiger partial charge in [0, 0.05) is 45.5 Å². The largest absolute Gasteiger partial charge is 0.311 e. The van der Waals surface area contributed by atoms with E-state index in [9.17, 15) is 0 Å². The molecule has 7 aromatic carbocycles. The van der Waals surface area contributed by atoms with Gasteiger partial charge in [0.05, 0.1) is 5.69 Å². The number of rotatable bonds is 5. The van der Waals surface area contributed by atoms with E-state index in [1.807, 2.05) is 0 Å². The monoisotopic (exact) mass is 934 g/mol. The van der Waals surface area contributed by atoms with E-state index in [0.29, 0.717) is 0 Å². The highest BCUT2D eigenvalue weighted by molar-refractivity contribution is 7.00. The van der Waals surface area contributed by atoms with Crippen LogP contribution in [0, 0.1) is 13.8 Å². The number of fused-ring (bicyclic) bond motifs is 6. The fraction of sp³-hybridized carbons (Fsp3) is 0.373. The Bertz CT molecular complexity index is 3250. The molecule has 4 aliphatic rings. The predicted molar refractivity (Wildman–Crippen MR) is 308 cm³/mol. The second-order valence-corrected chi connectivity index (χ2v) is 26.6. The summed E-state index contributed by atoms with van der Waals surface area (Å²) in [6.07, 6.45) is 3.44. The van der Waals surface area contributed by atoms with Gasteiger partial charge in [0.1, 0.15) is 0 Å². The third-order valence-electron chi connectivity index (χ3n) is 17.4. The molecule has 0 spiro atoms. The lowest BCUT2D eigenvalue weighted by Crippen LogP contribution is -2.62. The summed E-state index contributed by atoms with van der Waals surface area (Å²) in [5.41, 5.74) is 26.5. The van der Waals surface area contributed by atoms with E-state index in [0.717, 1.165) is 36.3 Å². The Morgan fingerprint density at radius 1 is 0.408 bits per heavy atom. The number of hydrogen-bond donors (Lipinski definition) is 0. The smallest absolute Gasteiger partial charge is 0.252 e. The van der Waals surface area contributed by atoms with Crippen LogP contribution < -0.4 is 31.1 Å². The number of hydrogen-bond acceptors (Lipinski definition) is 3. The van der Waals surface area contributed by atoms with Gasteiger partial charge in [0.2, 0.25) is 0 Å². The molecular weight excluding hydrogens is 858 g/mol. The molecule has 11 rings (SSSR count). The van der Waals surface area contributed by atoms with Crippen LogP contribution in [0.5, 0.6) is 0 Å². The Balaban J connectivity index is 1.33. The minimum Gasteiger partial charge on any atom is -0.311 e. The minimum atomic E-state index is -0.0556. The average Bonchev–Trinajstić information content (AvgIpc) is 3.48. The maximum absolute atomic E-state index is 2.74. The third kappa shape index (κ3) is 7.51. The Hall–Kier alpha value is -6.00. The van der Waals surface area contributed by atoms with Crippen LogP contribution in [0.25, 0.3) is 0 Å². The summed E-state index contributed by atoms with van der Waals surface area (Å²) in [5, 5.41) is 0. The van der Waals surface area contributed by atoms with E-state index in [-0.39, 0.29) is 39.2 Å². The number of nitrogens with zero attached hydrogens (tertiary/aromatic N) is 3. The second kappa shape index (κ2) is 15.8. The average molecular weight is 934 g/mol. The van der Waals surface area contributed by atoms with Crippen molar-refractivity contribution >= 4 is 74.3 Å². The lowest BCUT2D eigenvalue weighted by atomic mass is 9.33. The van der Waals surface area contributed by atoms with Crippen molar-refractivity contribution in [2.24, 2.45) is 0 Å². The second-order valence-electron chi connectivity index (χ2n) is 26.6. The van der Waals surface area contributed by atoms with Gasteiger partial charge < -0.3 is 14.7 Å². The first-order chi connectivity index (χ1) is 33.3. The Morgan fingerprint density at radius 3 is 1.41 bits per heavy atom. The van der Waals surface area contributed by atoms with Crippen molar-refractivity contribution in [1.82, 2.24) is 0 Å². The standard InChI is InChI=1S/C67H76BN3/c1-42-33-44(62(3,4)5)28-30-55(42)70-57-35-45(63(6,7)8)27-29-53(57)68-54-38-50-51(65(11,12)32-31-64(50,9)10)40-58(54)71(56-39-52-49(34-43(56)2)66(13,14)41-67(52,15)16)60-37-48(36-59(70)61(60)68)69(46-23-19-17-20-24-46)47-25-21-18-22-26-47/h17-30,33-40H,31-32,41H2,1-16H3. The zero-order valence-corrected chi connectivity index (χ0v) is 45.7. The molecule has 7 aromatic rings. The van der Waals surface area contributed by atoms with Gasteiger partial charge in [0.25, 0.3) is 6.71 Å². The molecule has 3 nitrogen and oxygen atoms in total. The highest BCUT2D eigenvalue weighted by atomic mass is 15.2. The molecule has 0 bridgehead atoms. The number of benzene rings is 7. The Kier molecular flexibility index (Phi) is 10.5. The molecule has 2 heterocycles. The summed E-state index contributed by atoms with van der Waals surface area (Å²) in [4.78, 5) is 7.88. The van der Waals surface area contributed by atoms with E-state index in [1.165, 1.54) is 95.0 Å². The fourth-order valence-corrected chi connectivity index (χ4v) is 13.5. The highest BCUT2D eigenvalue weighted by Gasteiger charge is 2.49. The van der Waals surface area contributed by atoms with Crippen LogP contribution in [0.3, 0.4) is 0 Å². The molecule has 2 aliphatic heterocycles. The van der Waals surface area contributed by atoms with E-state index < -0.39 is 0 Å². The zero-order valence-electron chi connectivity index (χ0n) is 45.7. The van der Waals surface area contributed by atoms with Crippen LogP contribution >= 0.6 is 0 Å². The maximum atomic E-state index is 2.74. The summed E-state index contributed by atoms with van der Waals surface area (Å²) >= 11 is 0. The maximum Gasteiger partial charge on any atom is 0.252 e. The SMILES string of the molecule is Cc1cc(C(C)(C)C)ccc1N1c2cc(C(C)(C)C)ccc2B2c3cc4c(cc3N(c3cc5c(cc3C)C(C)(C)CC5(C)C)c3cc(N(c5ccccc5)c5ccccc5)cc1c32)C(C)(C)CCC4(C)C. The zero-order chi connectivity index (χ0) is 50.5. The number of para-hydroxylation sites is 2. The van der Waals surface area contributed by atoms with Crippen LogP contribution in [0.1, 0.15) is 161 Å². The van der Waals surface area contributed by atoms with Crippen molar-refractivity contribution < 1.29 is 0 Å². The lowest BCUT2D eigenvalue weighted by Gasteiger charge is -2.48. The van der Waals surface area contributed by atoms with Crippen molar-refractivity contribution in [2.75, 3.05) is 14.7 Å². The van der Waals surface area contributed by atoms with Gasteiger partial charge in [-0.2, -0.15) is 0 Å². The molecule has 4 heteroatoms. The van der Waals surface area contributed by atoms with Crippen LogP contribution in [-0.4, -0.2) is 6.71 Å². The molecule has 0 fully saturated rings. The van der Waals surface area contributed by atoms with Gasteiger partial charge >= 0.3 is 0 Å². The normalized spacial score (nSPS) is 17.8. The summed E-state index contributed by atoms with van der Waals surface area (Å²) in [7, 11) is 0. The van der Waals surface area contributed by atoms with Gasteiger partial charge in [-0.05, 0) is 187 Å². The van der Waals surface area contributed by atoms with Crippen molar-refractivity contribution in [3.05, 3.63) is 178 Å². The molecule has 0 aromatic heterocycles. The van der Waals surface area contributed by atoms with Crippen molar-refractivity contribution in [1.29, 1.82) is 0 Å². The van der Waals surface area contributed by atoms with E-state index in [2.05, 4.69) is 259 Å². The van der Waals surface area contributed by atoms with E-state index in [1.54, 1.807) is 0 Å². The molecule has 0 saturated carbocycles. The molecule has 0 N–H and O–H groups in total. The van der Waals surface area contributed by atoms with Gasteiger partial charge in [-0.3, -0.25) is 0 Å². The molecule has 0 saturated heterocycles. The first kappa shape index (κ1) is 47.3. The fourth-order valence-electron chi connectivity index (χ4n) is 13.5. The minimum absolute atomic E-state index is 0.00660. The van der Waals surface area contributed by atoms with Gasteiger partial charge in [-0.25, -0.2) is 0 Å². The third-order valence-corrected chi connectivity index (χ3v) is 17.4. The topological polar surface area (TPSA) is 9.72 Å². The summed E-state index contributed by atoms with van der Waals surface area (Å²) in [5.74, 6) is 0. The molecule has 362 valence electrons. The quantitative estimate of drug-likeness (QED) is 0.159. The van der Waals surface area contributed by atoms with Crippen LogP contribution in [0.4, 0.5) is 51.2 Å². The van der Waals surface area contributed by atoms with Gasteiger partial charge in [-0.1, -0.05) is 170 Å². The van der Waals surface area contributed by atoms with E-state index in [4.69, 9.17) is 0 Å². The van der Waals surface area contributed by atoms with Crippen molar-refractivity contribution in [3.8, 4) is 0 Å². The molecule has 0 atom stereocenters. The molecule has 0 radical (unpaired) electrons. The number of aryl methyl sites for hydroxylation is 2. The Morgan fingerprint density at radius 2 is 0.859 bits per heavy atom. The van der Waals surface area contributed by atoms with Gasteiger partial charge in [0.15, 0.2) is 0 Å². The van der Waals surface area contributed by atoms with Gasteiger partial charge in [-0.15, -0.1) is 0 Å². The molecule has 71 heavy (non-hydrogen) atoms. The highest BCUT2D eigenvalue weighted by Crippen LogP contribution is 2.56. The van der Waals surface area contributed by atoms with Crippen LogP contribution in [0.15, 0.2) is 133 Å². The van der Waals surface area contributed by atoms with Crippen molar-refractivity contribution in [3.63, 3.8) is 0 Å².